The van der Waals surface area contributed by atoms with Crippen LogP contribution >= 0.6 is 0 Å². The molecule has 0 aliphatic carbocycles. The fraction of sp³-hybridized carbons (Fsp3) is 0.615. The first-order chi connectivity index (χ1) is 10.5. The van der Waals surface area contributed by atoms with E-state index in [2.05, 4.69) is 37.8 Å². The van der Waals surface area contributed by atoms with Crippen LogP contribution in [-0.2, 0) is 6.18 Å². The molecule has 1 rings (SSSR count). The number of nitrogens with one attached hydrogen (secondary N) is 3. The van der Waals surface area contributed by atoms with Crippen molar-refractivity contribution in [2.75, 3.05) is 32.0 Å². The lowest BCUT2D eigenvalue weighted by Crippen LogP contribution is -2.40. The smallest absolute Gasteiger partial charge is 0.356 e. The van der Waals surface area contributed by atoms with Gasteiger partial charge in [-0.25, -0.2) is 9.97 Å². The topological polar surface area (TPSA) is 74.2 Å². The second-order valence-electron chi connectivity index (χ2n) is 4.47. The molecule has 0 aliphatic heterocycles. The van der Waals surface area contributed by atoms with Gasteiger partial charge in [-0.05, 0) is 12.5 Å². The first-order valence-corrected chi connectivity index (χ1v) is 7.06. The maximum absolute atomic E-state index is 12.5. The molecule has 0 saturated carbocycles. The number of anilines is 1. The maximum atomic E-state index is 12.5. The third-order valence-corrected chi connectivity index (χ3v) is 2.69. The van der Waals surface area contributed by atoms with Crippen molar-refractivity contribution in [2.24, 2.45) is 4.99 Å². The van der Waals surface area contributed by atoms with Gasteiger partial charge in [-0.2, -0.15) is 13.2 Å². The average molecular weight is 318 g/mol. The number of rotatable bonds is 7. The summed E-state index contributed by atoms with van der Waals surface area (Å²) in [5.74, 6) is 0.603. The molecule has 22 heavy (non-hydrogen) atoms. The first kappa shape index (κ1) is 18.0. The van der Waals surface area contributed by atoms with Crippen LogP contribution in [0.15, 0.2) is 17.3 Å². The molecule has 124 valence electrons. The molecule has 1 aromatic rings. The molecule has 0 unspecified atom stereocenters. The number of hydrogen-bond donors (Lipinski definition) is 3. The van der Waals surface area contributed by atoms with Gasteiger partial charge in [0.1, 0.15) is 5.69 Å². The Morgan fingerprint density at radius 3 is 2.59 bits per heavy atom. The molecule has 3 N–H and O–H groups in total. The highest BCUT2D eigenvalue weighted by Gasteiger charge is 2.32. The van der Waals surface area contributed by atoms with Crippen LogP contribution in [0.5, 0.6) is 0 Å². The van der Waals surface area contributed by atoms with E-state index in [0.29, 0.717) is 19.0 Å². The minimum absolute atomic E-state index is 0.0504. The molecule has 0 bridgehead atoms. The van der Waals surface area contributed by atoms with Crippen molar-refractivity contribution in [3.8, 4) is 0 Å². The zero-order chi connectivity index (χ0) is 16.4. The first-order valence-electron chi connectivity index (χ1n) is 7.06. The minimum atomic E-state index is -4.47. The largest absolute Gasteiger partial charge is 0.433 e. The molecule has 6 nitrogen and oxygen atoms in total. The summed E-state index contributed by atoms with van der Waals surface area (Å²) in [6.07, 6.45) is -1.27. The van der Waals surface area contributed by atoms with Gasteiger partial charge in [0, 0.05) is 32.9 Å². The van der Waals surface area contributed by atoms with E-state index in [4.69, 9.17) is 0 Å². The zero-order valence-electron chi connectivity index (χ0n) is 12.7. The normalized spacial score (nSPS) is 12.1. The van der Waals surface area contributed by atoms with E-state index in [1.807, 2.05) is 0 Å². The molecular formula is C13H21F3N6. The molecule has 0 aromatic carbocycles. The highest BCUT2D eigenvalue weighted by molar-refractivity contribution is 5.79. The molecule has 0 saturated heterocycles. The summed E-state index contributed by atoms with van der Waals surface area (Å²) in [5.41, 5.74) is -0.963. The lowest BCUT2D eigenvalue weighted by atomic mass is 10.3. The van der Waals surface area contributed by atoms with Crippen LogP contribution in [-0.4, -0.2) is 42.6 Å². The Labute approximate surface area is 127 Å². The summed E-state index contributed by atoms with van der Waals surface area (Å²) in [6, 6.07) is 0.836. The van der Waals surface area contributed by atoms with Crippen LogP contribution in [0.3, 0.4) is 0 Å². The zero-order valence-corrected chi connectivity index (χ0v) is 12.7. The van der Waals surface area contributed by atoms with E-state index in [9.17, 15) is 13.2 Å². The van der Waals surface area contributed by atoms with Gasteiger partial charge >= 0.3 is 6.18 Å². The molecule has 1 aromatic heterocycles. The van der Waals surface area contributed by atoms with Crippen LogP contribution in [0.1, 0.15) is 25.5 Å². The molecule has 0 aliphatic rings. The Bertz CT molecular complexity index is 475. The molecule has 0 amide bonds. The second kappa shape index (κ2) is 9.06. The van der Waals surface area contributed by atoms with Crippen LogP contribution < -0.4 is 16.0 Å². The van der Waals surface area contributed by atoms with Crippen molar-refractivity contribution in [2.45, 2.75) is 25.9 Å². The quantitative estimate of drug-likeness (QED) is 0.407. The van der Waals surface area contributed by atoms with Crippen molar-refractivity contribution < 1.29 is 13.2 Å². The monoisotopic (exact) mass is 318 g/mol. The Morgan fingerprint density at radius 2 is 1.95 bits per heavy atom. The lowest BCUT2D eigenvalue weighted by molar-refractivity contribution is -0.141. The van der Waals surface area contributed by atoms with Gasteiger partial charge < -0.3 is 16.0 Å². The van der Waals surface area contributed by atoms with Crippen LogP contribution in [0.4, 0.5) is 19.1 Å². The van der Waals surface area contributed by atoms with E-state index >= 15 is 0 Å². The predicted molar refractivity (Wildman–Crippen MR) is 79.8 cm³/mol. The Kier molecular flexibility index (Phi) is 7.41. The van der Waals surface area contributed by atoms with Gasteiger partial charge in [-0.15, -0.1) is 0 Å². The number of hydrogen-bond acceptors (Lipinski definition) is 4. The number of halogens is 3. The predicted octanol–water partition coefficient (Wildman–Crippen LogP) is 1.87. The van der Waals surface area contributed by atoms with Crippen LogP contribution in [0.25, 0.3) is 0 Å². The molecule has 0 fully saturated rings. The lowest BCUT2D eigenvalue weighted by Gasteiger charge is -2.12. The summed E-state index contributed by atoms with van der Waals surface area (Å²) in [6.45, 7) is 3.76. The van der Waals surface area contributed by atoms with E-state index in [0.717, 1.165) is 31.6 Å². The van der Waals surface area contributed by atoms with Gasteiger partial charge in [0.15, 0.2) is 5.96 Å². The molecule has 0 spiro atoms. The summed E-state index contributed by atoms with van der Waals surface area (Å²) >= 11 is 0. The summed E-state index contributed by atoms with van der Waals surface area (Å²) in [4.78, 5) is 11.2. The number of aliphatic imine (C=N–C) groups is 1. The Morgan fingerprint density at radius 1 is 1.23 bits per heavy atom. The summed E-state index contributed by atoms with van der Waals surface area (Å²) in [5, 5.41) is 8.91. The third kappa shape index (κ3) is 6.59. The van der Waals surface area contributed by atoms with E-state index < -0.39 is 11.9 Å². The average Bonchev–Trinajstić information content (AvgIpc) is 2.49. The van der Waals surface area contributed by atoms with Crippen molar-refractivity contribution in [3.05, 3.63) is 18.0 Å². The third-order valence-electron chi connectivity index (χ3n) is 2.69. The van der Waals surface area contributed by atoms with Crippen LogP contribution in [0.2, 0.25) is 0 Å². The molecule has 0 atom stereocenters. The van der Waals surface area contributed by atoms with E-state index in [1.54, 1.807) is 7.05 Å². The Balaban J connectivity index is 2.35. The number of unbranched alkanes of at least 4 members (excludes halogenated alkanes) is 1. The fourth-order valence-electron chi connectivity index (χ4n) is 1.56. The number of nitrogens with zero attached hydrogens (tertiary/aromatic N) is 3. The second-order valence-corrected chi connectivity index (χ2v) is 4.47. The van der Waals surface area contributed by atoms with Gasteiger partial charge in [0.25, 0.3) is 0 Å². The van der Waals surface area contributed by atoms with Crippen molar-refractivity contribution in [3.63, 3.8) is 0 Å². The van der Waals surface area contributed by atoms with Crippen molar-refractivity contribution >= 4 is 11.9 Å². The van der Waals surface area contributed by atoms with E-state index in [1.165, 1.54) is 0 Å². The highest BCUT2D eigenvalue weighted by Crippen LogP contribution is 2.27. The van der Waals surface area contributed by atoms with Gasteiger partial charge in [-0.1, -0.05) is 13.3 Å². The van der Waals surface area contributed by atoms with Gasteiger partial charge in [0.2, 0.25) is 5.95 Å². The Hall–Kier alpha value is -2.06. The number of aromatic nitrogens is 2. The van der Waals surface area contributed by atoms with Crippen LogP contribution in [0, 0.1) is 0 Å². The highest BCUT2D eigenvalue weighted by atomic mass is 19.4. The van der Waals surface area contributed by atoms with Crippen molar-refractivity contribution in [1.29, 1.82) is 0 Å². The maximum Gasteiger partial charge on any atom is 0.433 e. The summed E-state index contributed by atoms with van der Waals surface area (Å²) in [7, 11) is 1.66. The summed E-state index contributed by atoms with van der Waals surface area (Å²) < 4.78 is 37.5. The standard InChI is InChI=1S/C13H21F3N6/c1-3-4-6-18-11(17-2)20-8-9-21-12-19-7-5-10(22-12)13(14,15)16/h5,7H,3-4,6,8-9H2,1-2H3,(H2,17,18,20)(H,19,21,22). The number of alkyl halides is 3. The van der Waals surface area contributed by atoms with Crippen molar-refractivity contribution in [1.82, 2.24) is 20.6 Å². The van der Waals surface area contributed by atoms with Gasteiger partial charge in [-0.3, -0.25) is 4.99 Å². The fourth-order valence-corrected chi connectivity index (χ4v) is 1.56. The molecule has 1 heterocycles. The molecule has 9 heteroatoms. The number of guanidine groups is 1. The molecular weight excluding hydrogens is 297 g/mol. The van der Waals surface area contributed by atoms with Gasteiger partial charge in [0.05, 0.1) is 0 Å². The minimum Gasteiger partial charge on any atom is -0.356 e. The SMILES string of the molecule is CCCCNC(=NC)NCCNc1nccc(C(F)(F)F)n1. The van der Waals surface area contributed by atoms with E-state index in [-0.39, 0.29) is 5.95 Å². The molecule has 0 radical (unpaired) electrons.